The van der Waals surface area contributed by atoms with Crippen LogP contribution in [0.2, 0.25) is 0 Å². The molecule has 7 nitrogen and oxygen atoms in total. The summed E-state index contributed by atoms with van der Waals surface area (Å²) < 4.78 is 2.64. The number of fused-ring (bicyclic) bond motifs is 1. The number of aryl methyl sites for hydroxylation is 1. The van der Waals surface area contributed by atoms with E-state index in [4.69, 9.17) is 0 Å². The van der Waals surface area contributed by atoms with Gasteiger partial charge in [0.25, 0.3) is 5.56 Å². The molecule has 4 aromatic rings. The topological polar surface area (TPSA) is 82.7 Å². The maximum Gasteiger partial charge on any atom is 0.337 e. The van der Waals surface area contributed by atoms with E-state index in [-0.39, 0.29) is 11.2 Å². The number of unbranched alkanes of at least 4 members (excludes halogenated alkanes) is 1. The zero-order chi connectivity index (χ0) is 19.5. The molecule has 0 atom stereocenters. The fraction of sp³-hybridized carbons (Fsp3) is 0.190. The second-order valence-corrected chi connectivity index (χ2v) is 6.44. The van der Waals surface area contributed by atoms with Crippen molar-refractivity contribution in [1.82, 2.24) is 24.3 Å². The molecule has 0 fully saturated rings. The van der Waals surface area contributed by atoms with Gasteiger partial charge in [0.15, 0.2) is 17.0 Å². The predicted octanol–water partition coefficient (Wildman–Crippen LogP) is 2.80. The van der Waals surface area contributed by atoms with E-state index < -0.39 is 11.2 Å². The summed E-state index contributed by atoms with van der Waals surface area (Å²) in [5.41, 5.74) is 0.689. The lowest BCUT2D eigenvalue weighted by atomic mass is 10.2. The Labute approximate surface area is 160 Å². The van der Waals surface area contributed by atoms with Gasteiger partial charge in [-0.3, -0.25) is 9.36 Å². The van der Waals surface area contributed by atoms with Gasteiger partial charge in [-0.15, -0.1) is 10.2 Å². The van der Waals surface area contributed by atoms with Crippen molar-refractivity contribution >= 4 is 11.2 Å². The predicted molar refractivity (Wildman–Crippen MR) is 108 cm³/mol. The van der Waals surface area contributed by atoms with Crippen LogP contribution < -0.4 is 11.2 Å². The molecule has 0 amide bonds. The summed E-state index contributed by atoms with van der Waals surface area (Å²) in [5.74, 6) is 0.352. The maximum atomic E-state index is 13.2. The van der Waals surface area contributed by atoms with Crippen molar-refractivity contribution in [2.24, 2.45) is 0 Å². The highest BCUT2D eigenvalue weighted by molar-refractivity contribution is 5.71. The molecule has 0 aliphatic rings. The number of hydrogen-bond acceptors (Lipinski definition) is 5. The molecule has 28 heavy (non-hydrogen) atoms. The minimum atomic E-state index is -0.494. The Kier molecular flexibility index (Phi) is 4.80. The molecule has 0 radical (unpaired) electrons. The van der Waals surface area contributed by atoms with Crippen molar-refractivity contribution in [1.29, 1.82) is 0 Å². The van der Waals surface area contributed by atoms with Crippen LogP contribution in [0.1, 0.15) is 19.8 Å². The number of benzene rings is 2. The molecular formula is C21H19N5O2. The van der Waals surface area contributed by atoms with Crippen molar-refractivity contribution in [3.63, 3.8) is 0 Å². The highest BCUT2D eigenvalue weighted by atomic mass is 16.2. The molecule has 0 unspecified atom stereocenters. The van der Waals surface area contributed by atoms with Gasteiger partial charge in [-0.05, 0) is 18.6 Å². The number of para-hydroxylation sites is 1. The molecule has 2 aromatic carbocycles. The second kappa shape index (κ2) is 7.56. The van der Waals surface area contributed by atoms with E-state index in [1.807, 2.05) is 43.3 Å². The Morgan fingerprint density at radius 2 is 1.57 bits per heavy atom. The van der Waals surface area contributed by atoms with Crippen LogP contribution in [-0.2, 0) is 6.54 Å². The summed E-state index contributed by atoms with van der Waals surface area (Å²) in [6.45, 7) is 2.48. The highest BCUT2D eigenvalue weighted by Crippen LogP contribution is 2.15. The molecular weight excluding hydrogens is 354 g/mol. The van der Waals surface area contributed by atoms with E-state index in [0.29, 0.717) is 18.1 Å². The van der Waals surface area contributed by atoms with Gasteiger partial charge in [-0.25, -0.2) is 14.3 Å². The largest absolute Gasteiger partial charge is 0.337 e. The number of rotatable bonds is 5. The molecule has 2 heterocycles. The zero-order valence-corrected chi connectivity index (χ0v) is 15.4. The van der Waals surface area contributed by atoms with Gasteiger partial charge < -0.3 is 0 Å². The first-order valence-electron chi connectivity index (χ1n) is 9.22. The maximum absolute atomic E-state index is 13.2. The summed E-state index contributed by atoms with van der Waals surface area (Å²) in [5, 5.41) is 8.37. The Morgan fingerprint density at radius 1 is 0.893 bits per heavy atom. The minimum absolute atomic E-state index is 0.133. The monoisotopic (exact) mass is 373 g/mol. The zero-order valence-electron chi connectivity index (χ0n) is 15.4. The molecule has 140 valence electrons. The fourth-order valence-electron chi connectivity index (χ4n) is 3.08. The van der Waals surface area contributed by atoms with Crippen molar-refractivity contribution in [2.45, 2.75) is 26.3 Å². The number of aromatic nitrogens is 5. The molecule has 0 bridgehead atoms. The number of hydrogen-bond donors (Lipinski definition) is 0. The molecule has 0 aliphatic heterocycles. The quantitative estimate of drug-likeness (QED) is 0.537. The molecule has 0 spiro atoms. The van der Waals surface area contributed by atoms with Crippen molar-refractivity contribution in [3.8, 4) is 17.1 Å². The lowest BCUT2D eigenvalue weighted by Crippen LogP contribution is -2.40. The minimum Gasteiger partial charge on any atom is -0.274 e. The third-order valence-electron chi connectivity index (χ3n) is 4.53. The molecule has 0 saturated heterocycles. The first-order chi connectivity index (χ1) is 13.7. The lowest BCUT2D eigenvalue weighted by molar-refractivity contribution is 0.594. The fourth-order valence-corrected chi connectivity index (χ4v) is 3.08. The van der Waals surface area contributed by atoms with E-state index in [1.165, 1.54) is 4.57 Å². The van der Waals surface area contributed by atoms with Gasteiger partial charge in [-0.1, -0.05) is 61.9 Å². The van der Waals surface area contributed by atoms with Crippen LogP contribution in [0.15, 0.2) is 70.3 Å². The van der Waals surface area contributed by atoms with Crippen LogP contribution in [0, 0.1) is 0 Å². The lowest BCUT2D eigenvalue weighted by Gasteiger charge is -2.12. The van der Waals surface area contributed by atoms with Crippen LogP contribution in [-0.4, -0.2) is 24.3 Å². The summed E-state index contributed by atoms with van der Waals surface area (Å²) in [7, 11) is 0. The molecule has 7 heteroatoms. The Hall–Kier alpha value is -3.61. The normalized spacial score (nSPS) is 11.0. The summed E-state index contributed by atoms with van der Waals surface area (Å²) in [6.07, 6.45) is 1.69. The Morgan fingerprint density at radius 3 is 2.25 bits per heavy atom. The van der Waals surface area contributed by atoms with E-state index >= 15 is 0 Å². The van der Waals surface area contributed by atoms with E-state index in [0.717, 1.165) is 23.0 Å². The smallest absolute Gasteiger partial charge is 0.274 e. The van der Waals surface area contributed by atoms with Gasteiger partial charge in [0.1, 0.15) is 0 Å². The SMILES string of the molecule is CCCCn1c(=O)n(-c2ccccc2)c(=O)c2nc(-c3ccccc3)nnc21. The van der Waals surface area contributed by atoms with Gasteiger partial charge in [0, 0.05) is 12.1 Å². The van der Waals surface area contributed by atoms with Crippen molar-refractivity contribution in [3.05, 3.63) is 81.5 Å². The van der Waals surface area contributed by atoms with Crippen LogP contribution in [0.3, 0.4) is 0 Å². The van der Waals surface area contributed by atoms with E-state index in [9.17, 15) is 9.59 Å². The van der Waals surface area contributed by atoms with Gasteiger partial charge >= 0.3 is 5.69 Å². The number of nitrogens with zero attached hydrogens (tertiary/aromatic N) is 5. The van der Waals surface area contributed by atoms with Crippen molar-refractivity contribution in [2.75, 3.05) is 0 Å². The van der Waals surface area contributed by atoms with Crippen LogP contribution in [0.5, 0.6) is 0 Å². The third-order valence-corrected chi connectivity index (χ3v) is 4.53. The van der Waals surface area contributed by atoms with Gasteiger partial charge in [-0.2, -0.15) is 0 Å². The van der Waals surface area contributed by atoms with Gasteiger partial charge in [0.2, 0.25) is 0 Å². The summed E-state index contributed by atoms with van der Waals surface area (Å²) in [6, 6.07) is 18.2. The third kappa shape index (κ3) is 3.11. The van der Waals surface area contributed by atoms with Crippen LogP contribution in [0.4, 0.5) is 0 Å². The first-order valence-corrected chi connectivity index (χ1v) is 9.22. The first kappa shape index (κ1) is 17.8. The van der Waals surface area contributed by atoms with Crippen molar-refractivity contribution < 1.29 is 0 Å². The second-order valence-electron chi connectivity index (χ2n) is 6.44. The average Bonchev–Trinajstić information content (AvgIpc) is 2.75. The average molecular weight is 373 g/mol. The molecule has 0 saturated carbocycles. The van der Waals surface area contributed by atoms with E-state index in [2.05, 4.69) is 15.2 Å². The Bertz CT molecular complexity index is 1230. The molecule has 2 aromatic heterocycles. The Balaban J connectivity index is 2.04. The molecule has 0 N–H and O–H groups in total. The highest BCUT2D eigenvalue weighted by Gasteiger charge is 2.18. The molecule has 4 rings (SSSR count). The van der Waals surface area contributed by atoms with Gasteiger partial charge in [0.05, 0.1) is 5.69 Å². The standard InChI is InChI=1S/C21H19N5O2/c1-2-3-14-25-19-17(22-18(23-24-19)15-10-6-4-7-11-15)20(27)26(21(25)28)16-12-8-5-9-13-16/h4-13H,2-3,14H2,1H3. The summed E-state index contributed by atoms with van der Waals surface area (Å²) >= 11 is 0. The van der Waals surface area contributed by atoms with Crippen LogP contribution in [0.25, 0.3) is 28.2 Å². The molecule has 0 aliphatic carbocycles. The summed E-state index contributed by atoms with van der Waals surface area (Å²) in [4.78, 5) is 30.7. The van der Waals surface area contributed by atoms with E-state index in [1.54, 1.807) is 24.3 Å². The van der Waals surface area contributed by atoms with Crippen LogP contribution >= 0.6 is 0 Å².